The lowest BCUT2D eigenvalue weighted by Crippen LogP contribution is -1.89. The van der Waals surface area contributed by atoms with E-state index in [1.54, 1.807) is 12.2 Å². The van der Waals surface area contributed by atoms with E-state index < -0.39 is 0 Å². The van der Waals surface area contributed by atoms with Crippen molar-refractivity contribution in [2.24, 2.45) is 0 Å². The molecule has 4 rings (SSSR count). The molecule has 0 N–H and O–H groups in total. The van der Waals surface area contributed by atoms with E-state index in [0.717, 1.165) is 44.8 Å². The zero-order chi connectivity index (χ0) is 20.8. The molecule has 0 spiro atoms. The number of pyridine rings is 2. The fraction of sp³-hybridized carbons (Fsp3) is 0. The highest BCUT2D eigenvalue weighted by molar-refractivity contribution is 7.78. The van der Waals surface area contributed by atoms with Crippen molar-refractivity contribution in [2.45, 2.75) is 0 Å². The van der Waals surface area contributed by atoms with Gasteiger partial charge in [0.05, 0.1) is 11.4 Å². The Kier molecular flexibility index (Phi) is 6.14. The predicted octanol–water partition coefficient (Wildman–Crippen LogP) is 6.70. The summed E-state index contributed by atoms with van der Waals surface area (Å²) in [4.78, 5) is 9.20. The topological polar surface area (TPSA) is 25.8 Å². The van der Waals surface area contributed by atoms with E-state index in [1.165, 1.54) is 0 Å². The first-order chi connectivity index (χ1) is 14.8. The number of nitrogens with zero attached hydrogens (tertiary/aromatic N) is 2. The Bertz CT molecular complexity index is 1140. The second-order valence-electron chi connectivity index (χ2n) is 6.63. The van der Waals surface area contributed by atoms with Crippen LogP contribution in [0.15, 0.2) is 85.2 Å². The maximum Gasteiger partial charge on any atom is 0.0886 e. The minimum Gasteiger partial charge on any atom is -0.254 e. The quantitative estimate of drug-likeness (QED) is 0.336. The monoisotopic (exact) mass is 420 g/mol. The van der Waals surface area contributed by atoms with Gasteiger partial charge in [0.15, 0.2) is 0 Å². The Labute approximate surface area is 186 Å². The van der Waals surface area contributed by atoms with E-state index in [9.17, 15) is 0 Å². The van der Waals surface area contributed by atoms with E-state index in [-0.39, 0.29) is 0 Å². The minimum atomic E-state index is 0.840. The molecule has 0 amide bonds. The van der Waals surface area contributed by atoms with Gasteiger partial charge in [-0.3, -0.25) is 9.97 Å². The molecule has 2 aromatic carbocycles. The zero-order valence-electron chi connectivity index (χ0n) is 15.9. The van der Waals surface area contributed by atoms with Crippen molar-refractivity contribution < 1.29 is 0 Å². The van der Waals surface area contributed by atoms with Crippen molar-refractivity contribution in [1.82, 2.24) is 9.97 Å². The maximum atomic E-state index is 4.74. The van der Waals surface area contributed by atoms with E-state index >= 15 is 0 Å². The summed E-state index contributed by atoms with van der Waals surface area (Å²) in [6.07, 6.45) is 7.30. The highest BCUT2D eigenvalue weighted by Crippen LogP contribution is 2.24. The molecular weight excluding hydrogens is 404 g/mol. The predicted molar refractivity (Wildman–Crippen MR) is 132 cm³/mol. The fourth-order valence-corrected chi connectivity index (χ4v) is 3.38. The third kappa shape index (κ3) is 4.55. The normalized spacial score (nSPS) is 10.0. The Hall–Kier alpha value is -3.52. The third-order valence-corrected chi connectivity index (χ3v) is 4.96. The molecule has 0 fully saturated rings. The van der Waals surface area contributed by atoms with Gasteiger partial charge in [-0.15, -0.1) is 0 Å². The van der Waals surface area contributed by atoms with Crippen LogP contribution >= 0.6 is 24.4 Å². The van der Waals surface area contributed by atoms with Crippen LogP contribution in [0, 0.1) is 0 Å². The van der Waals surface area contributed by atoms with Gasteiger partial charge in [0.1, 0.15) is 0 Å². The molecule has 30 heavy (non-hydrogen) atoms. The van der Waals surface area contributed by atoms with Crippen molar-refractivity contribution in [3.63, 3.8) is 0 Å². The lowest BCUT2D eigenvalue weighted by atomic mass is 10.0. The molecule has 0 aliphatic rings. The van der Waals surface area contributed by atoms with Crippen LogP contribution in [0.1, 0.15) is 11.1 Å². The molecule has 0 saturated heterocycles. The average molecular weight is 421 g/mol. The van der Waals surface area contributed by atoms with E-state index in [4.69, 9.17) is 24.4 Å². The van der Waals surface area contributed by atoms with Crippen LogP contribution in [0.4, 0.5) is 0 Å². The van der Waals surface area contributed by atoms with Gasteiger partial charge in [0.2, 0.25) is 0 Å². The largest absolute Gasteiger partial charge is 0.254 e. The number of hydrogen-bond acceptors (Lipinski definition) is 4. The molecule has 2 heterocycles. The number of benzene rings is 2. The van der Waals surface area contributed by atoms with Crippen molar-refractivity contribution >= 4 is 46.6 Å². The van der Waals surface area contributed by atoms with Gasteiger partial charge >= 0.3 is 0 Å². The summed E-state index contributed by atoms with van der Waals surface area (Å²) in [7, 11) is 0. The lowest BCUT2D eigenvalue weighted by molar-refractivity contribution is 1.25. The van der Waals surface area contributed by atoms with Gasteiger partial charge in [-0.05, 0) is 81.0 Å². The molecule has 0 aliphatic heterocycles. The number of rotatable bonds is 5. The van der Waals surface area contributed by atoms with E-state index in [2.05, 4.69) is 56.4 Å². The van der Waals surface area contributed by atoms with Gasteiger partial charge in [-0.1, -0.05) is 60.7 Å². The Morgan fingerprint density at radius 3 is 1.17 bits per heavy atom. The van der Waals surface area contributed by atoms with Crippen molar-refractivity contribution in [1.29, 1.82) is 0 Å². The highest BCUT2D eigenvalue weighted by atomic mass is 32.1. The first kappa shape index (κ1) is 19.8. The van der Waals surface area contributed by atoms with E-state index in [0.29, 0.717) is 0 Å². The van der Waals surface area contributed by atoms with Crippen LogP contribution in [0.2, 0.25) is 0 Å². The first-order valence-electron chi connectivity index (χ1n) is 9.32. The third-order valence-electron chi connectivity index (χ3n) is 4.73. The standard InChI is InChI=1S/C26H16N2S2/c29-15-13-19-1-5-21(6-2-19)23-9-11-25(27-17-23)26-12-10-24(18-28-26)22-7-3-20(4-8-22)14-16-30/h1-14,17-18H. The van der Waals surface area contributed by atoms with Crippen molar-refractivity contribution in [3.05, 3.63) is 96.3 Å². The molecule has 0 saturated carbocycles. The van der Waals surface area contributed by atoms with Crippen LogP contribution in [-0.2, 0) is 0 Å². The van der Waals surface area contributed by atoms with Crippen LogP contribution in [-0.4, -0.2) is 20.0 Å². The Morgan fingerprint density at radius 2 is 0.867 bits per heavy atom. The molecule has 0 atom stereocenters. The molecule has 142 valence electrons. The second-order valence-corrected chi connectivity index (χ2v) is 7.10. The Balaban J connectivity index is 1.52. The molecule has 0 unspecified atom stereocenters. The second kappa shape index (κ2) is 9.32. The van der Waals surface area contributed by atoms with Gasteiger partial charge in [0.25, 0.3) is 0 Å². The van der Waals surface area contributed by atoms with Crippen molar-refractivity contribution in [3.8, 4) is 33.6 Å². The molecule has 0 radical (unpaired) electrons. The molecule has 4 aromatic rings. The summed E-state index contributed by atoms with van der Waals surface area (Å²) in [5.74, 6) is 0. The number of thiocarbonyl (C=S) groups is 2. The van der Waals surface area contributed by atoms with Crippen LogP contribution in [0.3, 0.4) is 0 Å². The first-order valence-corrected chi connectivity index (χ1v) is 10.1. The minimum absolute atomic E-state index is 0.840. The van der Waals surface area contributed by atoms with Gasteiger partial charge < -0.3 is 0 Å². The average Bonchev–Trinajstić information content (AvgIpc) is 2.81. The maximum absolute atomic E-state index is 4.74. The molecule has 0 aliphatic carbocycles. The smallest absolute Gasteiger partial charge is 0.0886 e. The van der Waals surface area contributed by atoms with Gasteiger partial charge in [-0.25, -0.2) is 0 Å². The van der Waals surface area contributed by atoms with E-state index in [1.807, 2.05) is 48.8 Å². The summed E-state index contributed by atoms with van der Waals surface area (Å²) >= 11 is 9.49. The zero-order valence-corrected chi connectivity index (χ0v) is 17.6. The molecule has 0 bridgehead atoms. The fourth-order valence-electron chi connectivity index (χ4n) is 3.11. The van der Waals surface area contributed by atoms with Crippen LogP contribution in [0.5, 0.6) is 0 Å². The Morgan fingerprint density at radius 1 is 0.500 bits per heavy atom. The summed E-state index contributed by atoms with van der Waals surface area (Å²) in [5.41, 5.74) is 8.06. The van der Waals surface area contributed by atoms with Crippen LogP contribution < -0.4 is 0 Å². The summed E-state index contributed by atoms with van der Waals surface area (Å²) in [6.45, 7) is 0. The number of aromatic nitrogens is 2. The highest BCUT2D eigenvalue weighted by Gasteiger charge is 2.05. The molecule has 2 nitrogen and oxygen atoms in total. The summed E-state index contributed by atoms with van der Waals surface area (Å²) < 4.78 is 0. The summed E-state index contributed by atoms with van der Waals surface area (Å²) in [6, 6.07) is 24.4. The van der Waals surface area contributed by atoms with Gasteiger partial charge in [0, 0.05) is 23.5 Å². The van der Waals surface area contributed by atoms with Crippen molar-refractivity contribution in [2.75, 3.05) is 0 Å². The lowest BCUT2D eigenvalue weighted by Gasteiger charge is -2.06. The SMILES string of the molecule is S=C=Cc1ccc(-c2ccc(-c3ccc(-c4ccc(C=C=S)cc4)cn3)nc2)cc1. The molecular formula is C26H16N2S2. The summed E-state index contributed by atoms with van der Waals surface area (Å²) in [5, 5.41) is 5.24. The number of hydrogen-bond donors (Lipinski definition) is 0. The van der Waals surface area contributed by atoms with Gasteiger partial charge in [-0.2, -0.15) is 0 Å². The molecule has 2 aromatic heterocycles. The molecule has 4 heteroatoms. The van der Waals surface area contributed by atoms with Crippen LogP contribution in [0.25, 0.3) is 45.8 Å².